The standard InChI is InChI=1S/C22H32O4/c1-10-7-14-15(8-11(2)20(14)26-13(4)23)22(25)12(3)9-16-17(21(16,5)6)18(22)19(10)24/h7,10-12,15-18,20,25H,8-9H2,1-6H3/t10-,11-,12-,15+,16-,17-,18-,20-,22+/m1/s1. The van der Waals surface area contributed by atoms with E-state index in [9.17, 15) is 14.7 Å². The molecule has 0 aromatic heterocycles. The summed E-state index contributed by atoms with van der Waals surface area (Å²) in [6, 6.07) is 0. The van der Waals surface area contributed by atoms with Crippen LogP contribution in [0.5, 0.6) is 0 Å². The molecule has 3 fully saturated rings. The van der Waals surface area contributed by atoms with E-state index in [1.807, 2.05) is 13.0 Å². The SMILES string of the molecule is CC(=O)O[C@H]1C2=C[C@@H](C)C(=O)[C@H]3[C@H]4[C@@H](C[C@@H](C)[C@]3(O)[C@H]2C[C@H]1C)C4(C)C. The first-order valence-electron chi connectivity index (χ1n) is 10.2. The van der Waals surface area contributed by atoms with E-state index in [-0.39, 0.29) is 58.8 Å². The summed E-state index contributed by atoms with van der Waals surface area (Å²) in [6.07, 6.45) is 3.45. The minimum absolute atomic E-state index is 0.0708. The number of aliphatic hydroxyl groups is 1. The maximum absolute atomic E-state index is 13.4. The lowest BCUT2D eigenvalue weighted by molar-refractivity contribution is -0.156. The monoisotopic (exact) mass is 360 g/mol. The predicted octanol–water partition coefficient (Wildman–Crippen LogP) is 3.38. The highest BCUT2D eigenvalue weighted by Crippen LogP contribution is 2.72. The number of esters is 1. The summed E-state index contributed by atoms with van der Waals surface area (Å²) in [5.41, 5.74) is 0.0940. The highest BCUT2D eigenvalue weighted by molar-refractivity contribution is 5.88. The van der Waals surface area contributed by atoms with Crippen LogP contribution in [0.1, 0.15) is 54.4 Å². The third kappa shape index (κ3) is 2.17. The Bertz CT molecular complexity index is 692. The Kier molecular flexibility index (Phi) is 3.81. The molecule has 4 aliphatic carbocycles. The van der Waals surface area contributed by atoms with Crippen molar-refractivity contribution < 1.29 is 19.4 Å². The molecule has 0 aromatic carbocycles. The molecular formula is C22H32O4. The van der Waals surface area contributed by atoms with Gasteiger partial charge in [0.1, 0.15) is 11.9 Å². The van der Waals surface area contributed by atoms with Gasteiger partial charge in [0.15, 0.2) is 0 Å². The van der Waals surface area contributed by atoms with Crippen molar-refractivity contribution in [2.24, 2.45) is 46.8 Å². The highest BCUT2D eigenvalue weighted by Gasteiger charge is 2.73. The topological polar surface area (TPSA) is 63.6 Å². The molecule has 144 valence electrons. The number of allylic oxidation sites excluding steroid dienone is 1. The molecule has 9 atom stereocenters. The zero-order valence-electron chi connectivity index (χ0n) is 16.8. The third-order valence-corrected chi connectivity index (χ3v) is 8.30. The quantitative estimate of drug-likeness (QED) is 0.575. The molecule has 0 unspecified atom stereocenters. The normalized spacial score (nSPS) is 51.5. The number of hydrogen-bond donors (Lipinski definition) is 1. The Morgan fingerprint density at radius 3 is 2.50 bits per heavy atom. The minimum Gasteiger partial charge on any atom is -0.458 e. The lowest BCUT2D eigenvalue weighted by atomic mass is 9.60. The summed E-state index contributed by atoms with van der Waals surface area (Å²) in [5.74, 6) is 0.288. The predicted molar refractivity (Wildman–Crippen MR) is 98.1 cm³/mol. The molecule has 0 radical (unpaired) electrons. The second-order valence-electron chi connectivity index (χ2n) is 10.1. The first-order valence-corrected chi connectivity index (χ1v) is 10.2. The van der Waals surface area contributed by atoms with E-state index in [4.69, 9.17) is 4.74 Å². The molecule has 0 saturated heterocycles. The van der Waals surface area contributed by atoms with Crippen LogP contribution in [0.2, 0.25) is 0 Å². The summed E-state index contributed by atoms with van der Waals surface area (Å²) >= 11 is 0. The van der Waals surface area contributed by atoms with Gasteiger partial charge in [-0.15, -0.1) is 0 Å². The van der Waals surface area contributed by atoms with Gasteiger partial charge in [-0.05, 0) is 47.5 Å². The molecule has 26 heavy (non-hydrogen) atoms. The van der Waals surface area contributed by atoms with Gasteiger partial charge < -0.3 is 9.84 Å². The molecule has 3 saturated carbocycles. The van der Waals surface area contributed by atoms with Crippen molar-refractivity contribution in [2.75, 3.05) is 0 Å². The average Bonchev–Trinajstić information content (AvgIpc) is 2.95. The fourth-order valence-corrected chi connectivity index (χ4v) is 6.87. The Balaban J connectivity index is 1.82. The maximum atomic E-state index is 13.4. The van der Waals surface area contributed by atoms with Crippen LogP contribution >= 0.6 is 0 Å². The van der Waals surface area contributed by atoms with Gasteiger partial charge in [-0.3, -0.25) is 9.59 Å². The van der Waals surface area contributed by atoms with Crippen LogP contribution in [0.4, 0.5) is 0 Å². The number of carbonyl (C=O) groups is 2. The van der Waals surface area contributed by atoms with E-state index in [0.717, 1.165) is 18.4 Å². The first kappa shape index (κ1) is 18.2. The van der Waals surface area contributed by atoms with Crippen LogP contribution in [0.15, 0.2) is 11.6 Å². The number of Topliss-reactive ketones (excluding diaryl/α,β-unsaturated/α-hetero) is 1. The number of hydrogen-bond acceptors (Lipinski definition) is 4. The summed E-state index contributed by atoms with van der Waals surface area (Å²) in [7, 11) is 0. The fraction of sp³-hybridized carbons (Fsp3) is 0.818. The Morgan fingerprint density at radius 1 is 1.23 bits per heavy atom. The van der Waals surface area contributed by atoms with Crippen LogP contribution in [-0.4, -0.2) is 28.6 Å². The van der Waals surface area contributed by atoms with Crippen molar-refractivity contribution in [3.05, 3.63) is 11.6 Å². The molecule has 0 aliphatic heterocycles. The van der Waals surface area contributed by atoms with Crippen LogP contribution in [0.25, 0.3) is 0 Å². The van der Waals surface area contributed by atoms with Gasteiger partial charge in [0.2, 0.25) is 0 Å². The second kappa shape index (κ2) is 5.43. The van der Waals surface area contributed by atoms with Crippen molar-refractivity contribution in [3.8, 4) is 0 Å². The smallest absolute Gasteiger partial charge is 0.303 e. The highest BCUT2D eigenvalue weighted by atomic mass is 16.5. The van der Waals surface area contributed by atoms with Gasteiger partial charge in [-0.1, -0.05) is 40.7 Å². The Labute approximate surface area is 156 Å². The van der Waals surface area contributed by atoms with Crippen molar-refractivity contribution in [1.29, 1.82) is 0 Å². The number of carbonyl (C=O) groups excluding carboxylic acids is 2. The molecule has 1 N–H and O–H groups in total. The van der Waals surface area contributed by atoms with Gasteiger partial charge in [0.05, 0.1) is 11.5 Å². The molecule has 4 rings (SSSR count). The molecule has 0 heterocycles. The number of ether oxygens (including phenoxy) is 1. The fourth-order valence-electron chi connectivity index (χ4n) is 6.87. The zero-order chi connectivity index (χ0) is 19.2. The van der Waals surface area contributed by atoms with E-state index in [1.54, 1.807) is 0 Å². The second-order valence-corrected chi connectivity index (χ2v) is 10.1. The van der Waals surface area contributed by atoms with Crippen molar-refractivity contribution in [1.82, 2.24) is 0 Å². The van der Waals surface area contributed by atoms with E-state index < -0.39 is 5.60 Å². The maximum Gasteiger partial charge on any atom is 0.303 e. The molecule has 4 aliphatic rings. The molecule has 0 spiro atoms. The van der Waals surface area contributed by atoms with E-state index in [0.29, 0.717) is 5.92 Å². The van der Waals surface area contributed by atoms with E-state index in [1.165, 1.54) is 6.92 Å². The third-order valence-electron chi connectivity index (χ3n) is 8.30. The largest absolute Gasteiger partial charge is 0.458 e. The number of fused-ring (bicyclic) bond motifs is 5. The number of rotatable bonds is 1. The molecule has 4 nitrogen and oxygen atoms in total. The molecule has 0 aromatic rings. The van der Waals surface area contributed by atoms with Crippen molar-refractivity contribution in [3.63, 3.8) is 0 Å². The number of ketones is 1. The van der Waals surface area contributed by atoms with E-state index in [2.05, 4.69) is 27.7 Å². The summed E-state index contributed by atoms with van der Waals surface area (Å²) in [6.45, 7) is 12.1. The van der Waals surface area contributed by atoms with Gasteiger partial charge in [-0.2, -0.15) is 0 Å². The van der Waals surface area contributed by atoms with Crippen LogP contribution in [0, 0.1) is 46.8 Å². The van der Waals surface area contributed by atoms with Crippen molar-refractivity contribution >= 4 is 11.8 Å². The van der Waals surface area contributed by atoms with Gasteiger partial charge in [0, 0.05) is 18.8 Å². The molecular weight excluding hydrogens is 328 g/mol. The zero-order valence-corrected chi connectivity index (χ0v) is 16.8. The lowest BCUT2D eigenvalue weighted by Crippen LogP contribution is -2.56. The van der Waals surface area contributed by atoms with Crippen LogP contribution < -0.4 is 0 Å². The summed E-state index contributed by atoms with van der Waals surface area (Å²) in [5, 5.41) is 12.1. The van der Waals surface area contributed by atoms with Crippen molar-refractivity contribution in [2.45, 2.75) is 66.1 Å². The first-order chi connectivity index (χ1) is 12.0. The van der Waals surface area contributed by atoms with Crippen LogP contribution in [0.3, 0.4) is 0 Å². The van der Waals surface area contributed by atoms with Gasteiger partial charge >= 0.3 is 5.97 Å². The summed E-state index contributed by atoms with van der Waals surface area (Å²) in [4.78, 5) is 25.0. The van der Waals surface area contributed by atoms with Gasteiger partial charge in [-0.25, -0.2) is 0 Å². The van der Waals surface area contributed by atoms with E-state index >= 15 is 0 Å². The van der Waals surface area contributed by atoms with Gasteiger partial charge in [0.25, 0.3) is 0 Å². The summed E-state index contributed by atoms with van der Waals surface area (Å²) < 4.78 is 5.64. The molecule has 0 bridgehead atoms. The van der Waals surface area contributed by atoms with Crippen LogP contribution in [-0.2, 0) is 14.3 Å². The minimum atomic E-state index is -1.02. The molecule has 4 heteroatoms. The lowest BCUT2D eigenvalue weighted by Gasteiger charge is -2.47. The Hall–Kier alpha value is -1.16. The average molecular weight is 360 g/mol. The Morgan fingerprint density at radius 2 is 1.88 bits per heavy atom. The molecule has 0 amide bonds.